The molecule has 1 amide bonds. The van der Waals surface area contributed by atoms with Gasteiger partial charge in [-0.1, -0.05) is 13.0 Å². The molecule has 8 heteroatoms. The molecule has 0 radical (unpaired) electrons. The van der Waals surface area contributed by atoms with Crippen molar-refractivity contribution in [3.63, 3.8) is 0 Å². The number of methoxy groups -OCH3 is 2. The molecule has 0 aromatic heterocycles. The highest BCUT2D eigenvalue weighted by Crippen LogP contribution is 2.35. The van der Waals surface area contributed by atoms with Gasteiger partial charge in [-0.15, -0.1) is 0 Å². The van der Waals surface area contributed by atoms with Crippen LogP contribution in [0.15, 0.2) is 56.8 Å². The molecule has 3 rings (SSSR count). The summed E-state index contributed by atoms with van der Waals surface area (Å²) in [7, 11) is 3.24. The predicted octanol–water partition coefficient (Wildman–Crippen LogP) is 5.89. The quantitative estimate of drug-likeness (QED) is 0.387. The number of amidine groups is 1. The molecule has 0 bridgehead atoms. The molecule has 0 N–H and O–H groups in total. The monoisotopic (exact) mass is 518 g/mol. The molecule has 0 saturated carbocycles. The van der Waals surface area contributed by atoms with E-state index in [1.807, 2.05) is 55.5 Å². The van der Waals surface area contributed by atoms with Crippen molar-refractivity contribution in [2.45, 2.75) is 26.4 Å². The fourth-order valence-electron chi connectivity index (χ4n) is 2.89. The number of carbonyl (C=O) groups excluding carboxylic acids is 1. The lowest BCUT2D eigenvalue weighted by atomic mass is 10.2. The SMILES string of the molecule is CC[C@H](C)Oc1ccc(/C=C2\SC(=Nc3ccc(OC)cc3)N(CCOC)C2=O)cc1Br. The third-order valence-electron chi connectivity index (χ3n) is 4.86. The van der Waals surface area contributed by atoms with Gasteiger partial charge in [-0.05, 0) is 89.1 Å². The lowest BCUT2D eigenvalue weighted by molar-refractivity contribution is -0.122. The van der Waals surface area contributed by atoms with Gasteiger partial charge < -0.3 is 14.2 Å². The number of thioether (sulfide) groups is 1. The molecule has 1 aliphatic heterocycles. The summed E-state index contributed by atoms with van der Waals surface area (Å²) in [6.45, 7) is 4.98. The second kappa shape index (κ2) is 11.5. The minimum absolute atomic E-state index is 0.0876. The van der Waals surface area contributed by atoms with Crippen molar-refractivity contribution in [2.75, 3.05) is 27.4 Å². The number of carbonyl (C=O) groups is 1. The summed E-state index contributed by atoms with van der Waals surface area (Å²) in [6, 6.07) is 13.2. The number of ether oxygens (including phenoxy) is 3. The summed E-state index contributed by atoms with van der Waals surface area (Å²) in [5.41, 5.74) is 1.65. The van der Waals surface area contributed by atoms with Gasteiger partial charge in [-0.3, -0.25) is 9.69 Å². The molecule has 0 spiro atoms. The zero-order chi connectivity index (χ0) is 23.1. The number of halogens is 1. The van der Waals surface area contributed by atoms with Crippen LogP contribution in [0, 0.1) is 0 Å². The molecule has 2 aromatic rings. The van der Waals surface area contributed by atoms with Gasteiger partial charge in [0.05, 0.1) is 41.4 Å². The van der Waals surface area contributed by atoms with Gasteiger partial charge in [0.15, 0.2) is 5.17 Å². The van der Waals surface area contributed by atoms with Crippen molar-refractivity contribution >= 4 is 50.5 Å². The molecule has 1 aliphatic rings. The summed E-state index contributed by atoms with van der Waals surface area (Å²) in [5, 5.41) is 0.624. The Bertz CT molecular complexity index is 1010. The van der Waals surface area contributed by atoms with Crippen molar-refractivity contribution in [1.82, 2.24) is 4.90 Å². The van der Waals surface area contributed by atoms with Crippen molar-refractivity contribution in [3.8, 4) is 11.5 Å². The highest BCUT2D eigenvalue weighted by atomic mass is 79.9. The molecule has 1 saturated heterocycles. The molecule has 1 atom stereocenters. The number of aliphatic imine (C=N–C) groups is 1. The van der Waals surface area contributed by atoms with Crippen molar-refractivity contribution in [3.05, 3.63) is 57.4 Å². The van der Waals surface area contributed by atoms with Crippen LogP contribution in [0.2, 0.25) is 0 Å². The molecule has 0 unspecified atom stereocenters. The van der Waals surface area contributed by atoms with Crippen LogP contribution in [-0.4, -0.2) is 49.4 Å². The van der Waals surface area contributed by atoms with Crippen LogP contribution in [0.4, 0.5) is 5.69 Å². The summed E-state index contributed by atoms with van der Waals surface area (Å²) in [5.74, 6) is 1.46. The van der Waals surface area contributed by atoms with E-state index in [0.29, 0.717) is 23.2 Å². The first-order valence-corrected chi connectivity index (χ1v) is 12.0. The van der Waals surface area contributed by atoms with Crippen LogP contribution in [0.25, 0.3) is 6.08 Å². The number of benzene rings is 2. The van der Waals surface area contributed by atoms with Gasteiger partial charge in [0.1, 0.15) is 11.5 Å². The predicted molar refractivity (Wildman–Crippen MR) is 134 cm³/mol. The van der Waals surface area contributed by atoms with E-state index in [4.69, 9.17) is 14.2 Å². The Morgan fingerprint density at radius 3 is 2.56 bits per heavy atom. The van der Waals surface area contributed by atoms with E-state index in [1.165, 1.54) is 11.8 Å². The topological polar surface area (TPSA) is 60.4 Å². The Morgan fingerprint density at radius 2 is 1.94 bits per heavy atom. The average molecular weight is 519 g/mol. The van der Waals surface area contributed by atoms with Gasteiger partial charge in [0.25, 0.3) is 5.91 Å². The Labute approximate surface area is 201 Å². The van der Waals surface area contributed by atoms with Crippen molar-refractivity contribution < 1.29 is 19.0 Å². The maximum absolute atomic E-state index is 13.1. The van der Waals surface area contributed by atoms with Gasteiger partial charge in [0, 0.05) is 7.11 Å². The minimum Gasteiger partial charge on any atom is -0.497 e. The number of hydrogen-bond donors (Lipinski definition) is 0. The molecule has 0 aliphatic carbocycles. The minimum atomic E-state index is -0.0876. The van der Waals surface area contributed by atoms with Crippen molar-refractivity contribution in [1.29, 1.82) is 0 Å². The summed E-state index contributed by atoms with van der Waals surface area (Å²) < 4.78 is 17.2. The smallest absolute Gasteiger partial charge is 0.266 e. The van der Waals surface area contributed by atoms with E-state index in [-0.39, 0.29) is 12.0 Å². The Kier molecular flexibility index (Phi) is 8.78. The molecular formula is C24H27BrN2O4S. The Hall–Kier alpha value is -2.29. The maximum Gasteiger partial charge on any atom is 0.266 e. The molecule has 2 aromatic carbocycles. The van der Waals surface area contributed by atoms with E-state index in [9.17, 15) is 4.79 Å². The molecule has 1 fully saturated rings. The highest BCUT2D eigenvalue weighted by Gasteiger charge is 2.33. The van der Waals surface area contributed by atoms with Crippen molar-refractivity contribution in [2.24, 2.45) is 4.99 Å². The normalized spacial score (nSPS) is 17.3. The lowest BCUT2D eigenvalue weighted by Gasteiger charge is -2.15. The van der Waals surface area contributed by atoms with Crippen LogP contribution in [0.5, 0.6) is 11.5 Å². The molecule has 32 heavy (non-hydrogen) atoms. The van der Waals surface area contributed by atoms with Gasteiger partial charge >= 0.3 is 0 Å². The molecule has 1 heterocycles. The number of hydrogen-bond acceptors (Lipinski definition) is 6. The second-order valence-corrected chi connectivity index (χ2v) is 9.04. The second-order valence-electron chi connectivity index (χ2n) is 7.18. The van der Waals surface area contributed by atoms with E-state index in [1.54, 1.807) is 19.1 Å². The zero-order valence-electron chi connectivity index (χ0n) is 18.6. The number of amides is 1. The fraction of sp³-hybridized carbons (Fsp3) is 0.333. The summed E-state index contributed by atoms with van der Waals surface area (Å²) in [6.07, 6.45) is 2.94. The standard InChI is InChI=1S/C24H27BrN2O4S/c1-5-16(2)31-21-11-6-17(14-20(21)25)15-22-23(28)27(12-13-29-3)24(32-22)26-18-7-9-19(30-4)10-8-18/h6-11,14-16H,5,12-13H2,1-4H3/b22-15-,26-24?/t16-/m0/s1. The lowest BCUT2D eigenvalue weighted by Crippen LogP contribution is -2.32. The van der Waals surface area contributed by atoms with E-state index in [2.05, 4.69) is 27.8 Å². The molecule has 170 valence electrons. The first kappa shape index (κ1) is 24.4. The summed E-state index contributed by atoms with van der Waals surface area (Å²) in [4.78, 5) is 20.0. The van der Waals surface area contributed by atoms with Crippen LogP contribution in [0.3, 0.4) is 0 Å². The first-order chi connectivity index (χ1) is 15.4. The highest BCUT2D eigenvalue weighted by molar-refractivity contribution is 9.10. The van der Waals surface area contributed by atoms with Crippen LogP contribution < -0.4 is 9.47 Å². The third kappa shape index (κ3) is 6.15. The zero-order valence-corrected chi connectivity index (χ0v) is 21.0. The fourth-order valence-corrected chi connectivity index (χ4v) is 4.41. The largest absolute Gasteiger partial charge is 0.497 e. The van der Waals surface area contributed by atoms with E-state index < -0.39 is 0 Å². The van der Waals surface area contributed by atoms with Gasteiger partial charge in [-0.25, -0.2) is 4.99 Å². The van der Waals surface area contributed by atoms with Gasteiger partial charge in [-0.2, -0.15) is 0 Å². The Balaban J connectivity index is 1.86. The summed E-state index contributed by atoms with van der Waals surface area (Å²) >= 11 is 4.93. The molecular weight excluding hydrogens is 492 g/mol. The van der Waals surface area contributed by atoms with E-state index in [0.717, 1.165) is 33.6 Å². The maximum atomic E-state index is 13.1. The first-order valence-electron chi connectivity index (χ1n) is 10.3. The number of rotatable bonds is 9. The van der Waals surface area contributed by atoms with Crippen LogP contribution in [-0.2, 0) is 9.53 Å². The number of nitrogens with zero attached hydrogens (tertiary/aromatic N) is 2. The third-order valence-corrected chi connectivity index (χ3v) is 6.49. The van der Waals surface area contributed by atoms with Gasteiger partial charge in [0.2, 0.25) is 0 Å². The average Bonchev–Trinajstić information content (AvgIpc) is 3.08. The van der Waals surface area contributed by atoms with E-state index >= 15 is 0 Å². The molecule has 6 nitrogen and oxygen atoms in total. The van der Waals surface area contributed by atoms with Crippen LogP contribution in [0.1, 0.15) is 25.8 Å². The van der Waals surface area contributed by atoms with Crippen LogP contribution >= 0.6 is 27.7 Å². The Morgan fingerprint density at radius 1 is 1.19 bits per heavy atom.